The van der Waals surface area contributed by atoms with Gasteiger partial charge in [0.15, 0.2) is 0 Å². The molecule has 0 heterocycles. The molecule has 4 aromatic rings. The molecular weight excluding hydrogens is 466 g/mol. The van der Waals surface area contributed by atoms with Crippen LogP contribution in [0.15, 0.2) is 103 Å². The third-order valence-electron chi connectivity index (χ3n) is 5.36. The summed E-state index contributed by atoms with van der Waals surface area (Å²) in [6.07, 6.45) is 0. The van der Waals surface area contributed by atoms with Crippen molar-refractivity contribution in [1.29, 1.82) is 0 Å². The summed E-state index contributed by atoms with van der Waals surface area (Å²) in [5, 5.41) is 8.82. The van der Waals surface area contributed by atoms with Crippen molar-refractivity contribution in [2.24, 2.45) is 0 Å². The number of carbonyl (C=O) groups excluding carboxylic acids is 2. The maximum absolute atomic E-state index is 12.4. The van der Waals surface area contributed by atoms with Gasteiger partial charge in [0.2, 0.25) is 5.91 Å². The number of rotatable bonds is 11. The molecule has 0 saturated carbocycles. The van der Waals surface area contributed by atoms with Crippen LogP contribution in [0.25, 0.3) is 0 Å². The van der Waals surface area contributed by atoms with Gasteiger partial charge < -0.3 is 25.4 Å². The molecule has 4 rings (SSSR count). The standard InChI is InChI=1S/C30H29N3O4/c1-22-7-5-8-23(19-22)30(35)33-25-15-13-24(14-16-25)31-21-29(34)32-26-9-6-12-28(20-26)37-18-17-36-27-10-3-2-4-11-27/h2-16,19-20,31H,17-18,21H2,1H3,(H,32,34)(H,33,35). The number of para-hydroxylation sites is 1. The van der Waals surface area contributed by atoms with E-state index in [-0.39, 0.29) is 18.4 Å². The molecule has 0 bridgehead atoms. The molecule has 7 nitrogen and oxygen atoms in total. The maximum atomic E-state index is 12.4. The minimum Gasteiger partial charge on any atom is -0.490 e. The normalized spacial score (nSPS) is 10.3. The molecule has 0 unspecified atom stereocenters. The Morgan fingerprint density at radius 2 is 1.32 bits per heavy atom. The van der Waals surface area contributed by atoms with Crippen molar-refractivity contribution in [2.75, 3.05) is 35.7 Å². The first-order valence-electron chi connectivity index (χ1n) is 12.0. The van der Waals surface area contributed by atoms with E-state index in [2.05, 4.69) is 16.0 Å². The zero-order valence-electron chi connectivity index (χ0n) is 20.6. The summed E-state index contributed by atoms with van der Waals surface area (Å²) < 4.78 is 11.4. The van der Waals surface area contributed by atoms with Crippen molar-refractivity contribution >= 4 is 28.9 Å². The number of nitrogens with one attached hydrogen (secondary N) is 3. The minimum absolute atomic E-state index is 0.0883. The van der Waals surface area contributed by atoms with E-state index in [9.17, 15) is 9.59 Å². The van der Waals surface area contributed by atoms with Gasteiger partial charge in [-0.3, -0.25) is 9.59 Å². The summed E-state index contributed by atoms with van der Waals surface area (Å²) in [6, 6.07) is 31.4. The van der Waals surface area contributed by atoms with Crippen LogP contribution in [-0.2, 0) is 4.79 Å². The minimum atomic E-state index is -0.193. The zero-order chi connectivity index (χ0) is 25.9. The highest BCUT2D eigenvalue weighted by atomic mass is 16.5. The lowest BCUT2D eigenvalue weighted by molar-refractivity contribution is -0.114. The third kappa shape index (κ3) is 8.14. The number of carbonyl (C=O) groups is 2. The van der Waals surface area contributed by atoms with Gasteiger partial charge >= 0.3 is 0 Å². The number of hydrogen-bond donors (Lipinski definition) is 3. The second kappa shape index (κ2) is 12.8. The molecule has 4 aromatic carbocycles. The Bertz CT molecular complexity index is 1320. The molecule has 0 aliphatic heterocycles. The Labute approximate surface area is 216 Å². The molecule has 0 radical (unpaired) electrons. The van der Waals surface area contributed by atoms with Crippen molar-refractivity contribution in [3.63, 3.8) is 0 Å². The summed E-state index contributed by atoms with van der Waals surface area (Å²) in [4.78, 5) is 24.8. The van der Waals surface area contributed by atoms with Crippen molar-refractivity contribution in [3.8, 4) is 11.5 Å². The van der Waals surface area contributed by atoms with Crippen molar-refractivity contribution < 1.29 is 19.1 Å². The van der Waals surface area contributed by atoms with Crippen molar-refractivity contribution in [1.82, 2.24) is 0 Å². The lowest BCUT2D eigenvalue weighted by Crippen LogP contribution is -2.21. The maximum Gasteiger partial charge on any atom is 0.255 e. The van der Waals surface area contributed by atoms with E-state index in [4.69, 9.17) is 9.47 Å². The van der Waals surface area contributed by atoms with Gasteiger partial charge in [-0.15, -0.1) is 0 Å². The Kier molecular flexibility index (Phi) is 8.75. The van der Waals surface area contributed by atoms with Crippen LogP contribution >= 0.6 is 0 Å². The van der Waals surface area contributed by atoms with E-state index in [0.717, 1.165) is 17.0 Å². The highest BCUT2D eigenvalue weighted by Crippen LogP contribution is 2.18. The van der Waals surface area contributed by atoms with Gasteiger partial charge in [0.25, 0.3) is 5.91 Å². The summed E-state index contributed by atoms with van der Waals surface area (Å²) in [5.74, 6) is 1.08. The van der Waals surface area contributed by atoms with Crippen LogP contribution in [0, 0.1) is 6.92 Å². The molecular formula is C30H29N3O4. The van der Waals surface area contributed by atoms with Crippen LogP contribution in [0.3, 0.4) is 0 Å². The number of anilines is 3. The quantitative estimate of drug-likeness (QED) is 0.230. The fourth-order valence-corrected chi connectivity index (χ4v) is 3.55. The molecule has 37 heavy (non-hydrogen) atoms. The molecule has 2 amide bonds. The lowest BCUT2D eigenvalue weighted by atomic mass is 10.1. The van der Waals surface area contributed by atoms with E-state index in [1.54, 1.807) is 30.3 Å². The number of hydrogen-bond acceptors (Lipinski definition) is 5. The van der Waals surface area contributed by atoms with E-state index < -0.39 is 0 Å². The number of aryl methyl sites for hydroxylation is 1. The third-order valence-corrected chi connectivity index (χ3v) is 5.36. The van der Waals surface area contributed by atoms with Crippen LogP contribution in [0.2, 0.25) is 0 Å². The fraction of sp³-hybridized carbons (Fsp3) is 0.133. The van der Waals surface area contributed by atoms with Gasteiger partial charge in [-0.1, -0.05) is 42.0 Å². The first-order valence-corrected chi connectivity index (χ1v) is 12.0. The number of amides is 2. The van der Waals surface area contributed by atoms with Crippen LogP contribution in [0.5, 0.6) is 11.5 Å². The largest absolute Gasteiger partial charge is 0.490 e. The highest BCUT2D eigenvalue weighted by molar-refractivity contribution is 6.04. The Morgan fingerprint density at radius 3 is 2.08 bits per heavy atom. The van der Waals surface area contributed by atoms with Crippen molar-refractivity contribution in [2.45, 2.75) is 6.92 Å². The molecule has 0 saturated heterocycles. The smallest absolute Gasteiger partial charge is 0.255 e. The summed E-state index contributed by atoms with van der Waals surface area (Å²) >= 11 is 0. The van der Waals surface area contributed by atoms with Gasteiger partial charge in [-0.25, -0.2) is 0 Å². The highest BCUT2D eigenvalue weighted by Gasteiger charge is 2.07. The van der Waals surface area contributed by atoms with Gasteiger partial charge in [-0.05, 0) is 67.6 Å². The summed E-state index contributed by atoms with van der Waals surface area (Å²) in [5.41, 5.74) is 3.71. The molecule has 0 fully saturated rings. The van der Waals surface area contributed by atoms with E-state index in [1.165, 1.54) is 0 Å². The Balaban J connectivity index is 1.19. The number of benzene rings is 4. The van der Waals surface area contributed by atoms with E-state index in [0.29, 0.717) is 35.9 Å². The van der Waals surface area contributed by atoms with Crippen LogP contribution in [0.4, 0.5) is 17.1 Å². The van der Waals surface area contributed by atoms with Gasteiger partial charge in [0.1, 0.15) is 24.7 Å². The van der Waals surface area contributed by atoms with Crippen LogP contribution in [0.1, 0.15) is 15.9 Å². The first kappa shape index (κ1) is 25.3. The SMILES string of the molecule is Cc1cccc(C(=O)Nc2ccc(NCC(=O)Nc3cccc(OCCOc4ccccc4)c3)cc2)c1. The predicted molar refractivity (Wildman–Crippen MR) is 147 cm³/mol. The average Bonchev–Trinajstić information content (AvgIpc) is 2.91. The van der Waals surface area contributed by atoms with E-state index >= 15 is 0 Å². The fourth-order valence-electron chi connectivity index (χ4n) is 3.55. The molecule has 0 aromatic heterocycles. The topological polar surface area (TPSA) is 88.7 Å². The number of ether oxygens (including phenoxy) is 2. The van der Waals surface area contributed by atoms with Crippen LogP contribution < -0.4 is 25.4 Å². The van der Waals surface area contributed by atoms with E-state index in [1.807, 2.05) is 79.7 Å². The first-order chi connectivity index (χ1) is 18.0. The van der Waals surface area contributed by atoms with Gasteiger partial charge in [0, 0.05) is 28.7 Å². The Morgan fingerprint density at radius 1 is 0.649 bits per heavy atom. The van der Waals surface area contributed by atoms with Gasteiger partial charge in [0.05, 0.1) is 6.54 Å². The molecule has 0 aliphatic carbocycles. The summed E-state index contributed by atoms with van der Waals surface area (Å²) in [6.45, 7) is 2.83. The molecule has 0 aliphatic rings. The summed E-state index contributed by atoms with van der Waals surface area (Å²) in [7, 11) is 0. The lowest BCUT2D eigenvalue weighted by Gasteiger charge is -2.11. The molecule has 3 N–H and O–H groups in total. The molecule has 0 atom stereocenters. The monoisotopic (exact) mass is 495 g/mol. The molecule has 188 valence electrons. The van der Waals surface area contributed by atoms with Crippen LogP contribution in [-0.4, -0.2) is 31.6 Å². The average molecular weight is 496 g/mol. The van der Waals surface area contributed by atoms with Gasteiger partial charge in [-0.2, -0.15) is 0 Å². The second-order valence-electron chi connectivity index (χ2n) is 8.34. The Hall–Kier alpha value is -4.78. The van der Waals surface area contributed by atoms with Crippen molar-refractivity contribution in [3.05, 3.63) is 114 Å². The predicted octanol–water partition coefficient (Wildman–Crippen LogP) is 5.76. The molecule has 7 heteroatoms. The molecule has 0 spiro atoms. The zero-order valence-corrected chi connectivity index (χ0v) is 20.6. The second-order valence-corrected chi connectivity index (χ2v) is 8.34.